The summed E-state index contributed by atoms with van der Waals surface area (Å²) in [7, 11) is 0. The molecule has 1 N–H and O–H groups in total. The third-order valence-corrected chi connectivity index (χ3v) is 4.33. The molecule has 0 aliphatic carbocycles. The van der Waals surface area contributed by atoms with E-state index in [0.717, 1.165) is 25.7 Å². The number of unbranched alkanes of at least 4 members (excludes halogenated alkanes) is 3. The second-order valence-electron chi connectivity index (χ2n) is 7.89. The van der Waals surface area contributed by atoms with Gasteiger partial charge in [-0.1, -0.05) is 40.0 Å². The molecule has 7 heteroatoms. The average Bonchev–Trinajstić information content (AvgIpc) is 2.46. The van der Waals surface area contributed by atoms with Gasteiger partial charge in [0.2, 0.25) is 11.3 Å². The standard InChI is InChI=1S/C18H38N2O4S/c1-7-8-9-10-12-19(17(21)24-18(4,5)6)13-11-14-20(25(22)23)15-16(2)3/h16H,7-15H2,1-6H3,(H,22,23). The first-order valence-corrected chi connectivity index (χ1v) is 10.5. The highest BCUT2D eigenvalue weighted by Crippen LogP contribution is 2.12. The van der Waals surface area contributed by atoms with Gasteiger partial charge in [0, 0.05) is 26.2 Å². The molecule has 0 aromatic carbocycles. The van der Waals surface area contributed by atoms with Crippen molar-refractivity contribution in [2.45, 2.75) is 79.2 Å². The highest BCUT2D eigenvalue weighted by molar-refractivity contribution is 7.76. The minimum Gasteiger partial charge on any atom is -0.444 e. The monoisotopic (exact) mass is 378 g/mol. The zero-order valence-corrected chi connectivity index (χ0v) is 17.7. The number of rotatable bonds is 12. The molecule has 0 aliphatic rings. The van der Waals surface area contributed by atoms with Crippen LogP contribution in [-0.2, 0) is 16.0 Å². The van der Waals surface area contributed by atoms with Crippen LogP contribution >= 0.6 is 0 Å². The Kier molecular flexibility index (Phi) is 12.3. The SMILES string of the molecule is CCCCCCN(CCCN(CC(C)C)S(=O)O)C(=O)OC(C)(C)C. The van der Waals surface area contributed by atoms with Crippen LogP contribution in [0.5, 0.6) is 0 Å². The Morgan fingerprint density at radius 1 is 1.08 bits per heavy atom. The topological polar surface area (TPSA) is 70.1 Å². The van der Waals surface area contributed by atoms with E-state index in [1.807, 2.05) is 34.6 Å². The Labute approximate surface area is 156 Å². The van der Waals surface area contributed by atoms with E-state index in [1.165, 1.54) is 4.31 Å². The summed E-state index contributed by atoms with van der Waals surface area (Å²) < 4.78 is 27.8. The second kappa shape index (κ2) is 12.7. The van der Waals surface area contributed by atoms with E-state index in [1.54, 1.807) is 4.90 Å². The van der Waals surface area contributed by atoms with Crippen molar-refractivity contribution in [1.29, 1.82) is 0 Å². The van der Waals surface area contributed by atoms with Crippen molar-refractivity contribution >= 4 is 17.4 Å². The summed E-state index contributed by atoms with van der Waals surface area (Å²) >= 11 is -1.97. The van der Waals surface area contributed by atoms with E-state index in [4.69, 9.17) is 4.74 Å². The largest absolute Gasteiger partial charge is 0.444 e. The first kappa shape index (κ1) is 24.3. The van der Waals surface area contributed by atoms with Crippen molar-refractivity contribution in [3.05, 3.63) is 0 Å². The number of amides is 1. The molecule has 1 unspecified atom stereocenters. The maximum absolute atomic E-state index is 12.4. The van der Waals surface area contributed by atoms with Crippen LogP contribution in [0.4, 0.5) is 4.79 Å². The van der Waals surface area contributed by atoms with Crippen LogP contribution < -0.4 is 0 Å². The Hall–Kier alpha value is -0.660. The maximum atomic E-state index is 12.4. The van der Waals surface area contributed by atoms with Crippen molar-refractivity contribution in [2.24, 2.45) is 5.92 Å². The predicted molar refractivity (Wildman–Crippen MR) is 104 cm³/mol. The van der Waals surface area contributed by atoms with Crippen LogP contribution in [0.2, 0.25) is 0 Å². The Morgan fingerprint density at radius 2 is 1.68 bits per heavy atom. The molecular formula is C18H38N2O4S. The number of carbonyl (C=O) groups is 1. The zero-order chi connectivity index (χ0) is 19.5. The number of hydrogen-bond donors (Lipinski definition) is 1. The van der Waals surface area contributed by atoms with Crippen molar-refractivity contribution < 1.29 is 18.3 Å². The number of ether oxygens (including phenoxy) is 1. The highest BCUT2D eigenvalue weighted by Gasteiger charge is 2.22. The number of carbonyl (C=O) groups excluding carboxylic acids is 1. The van der Waals surface area contributed by atoms with E-state index in [-0.39, 0.29) is 6.09 Å². The van der Waals surface area contributed by atoms with Gasteiger partial charge in [-0.25, -0.2) is 13.3 Å². The van der Waals surface area contributed by atoms with Gasteiger partial charge in [-0.15, -0.1) is 0 Å². The lowest BCUT2D eigenvalue weighted by Gasteiger charge is -2.28. The number of hydrogen-bond acceptors (Lipinski definition) is 3. The van der Waals surface area contributed by atoms with Crippen LogP contribution in [0.25, 0.3) is 0 Å². The van der Waals surface area contributed by atoms with Crippen molar-refractivity contribution in [2.75, 3.05) is 26.2 Å². The van der Waals surface area contributed by atoms with E-state index < -0.39 is 16.9 Å². The summed E-state index contributed by atoms with van der Waals surface area (Å²) in [6.07, 6.45) is 4.70. The molecule has 0 aliphatic heterocycles. The molecule has 0 saturated heterocycles. The molecule has 1 amide bonds. The van der Waals surface area contributed by atoms with Gasteiger partial charge in [0.1, 0.15) is 5.60 Å². The molecule has 0 heterocycles. The molecule has 0 spiro atoms. The Morgan fingerprint density at radius 3 is 2.16 bits per heavy atom. The molecule has 0 saturated carbocycles. The van der Waals surface area contributed by atoms with Crippen LogP contribution in [-0.4, -0.2) is 55.8 Å². The third-order valence-electron chi connectivity index (χ3n) is 3.56. The van der Waals surface area contributed by atoms with Gasteiger partial charge in [0.15, 0.2) is 0 Å². The van der Waals surface area contributed by atoms with Crippen molar-refractivity contribution in [3.8, 4) is 0 Å². The minimum absolute atomic E-state index is 0.301. The van der Waals surface area contributed by atoms with Crippen molar-refractivity contribution in [1.82, 2.24) is 9.21 Å². The lowest BCUT2D eigenvalue weighted by atomic mass is 10.2. The summed E-state index contributed by atoms with van der Waals surface area (Å²) in [6.45, 7) is 14.0. The zero-order valence-electron chi connectivity index (χ0n) is 16.9. The van der Waals surface area contributed by atoms with E-state index >= 15 is 0 Å². The summed E-state index contributed by atoms with van der Waals surface area (Å²) in [6, 6.07) is 0. The van der Waals surface area contributed by atoms with Gasteiger partial charge < -0.3 is 9.64 Å². The van der Waals surface area contributed by atoms with Crippen LogP contribution in [0.3, 0.4) is 0 Å². The molecule has 0 fully saturated rings. The molecule has 0 radical (unpaired) electrons. The maximum Gasteiger partial charge on any atom is 0.410 e. The summed E-state index contributed by atoms with van der Waals surface area (Å²) in [5.41, 5.74) is -0.519. The van der Waals surface area contributed by atoms with E-state index in [9.17, 15) is 13.6 Å². The minimum atomic E-state index is -1.97. The lowest BCUT2D eigenvalue weighted by Crippen LogP contribution is -2.39. The fourth-order valence-corrected chi connectivity index (χ4v) is 3.14. The van der Waals surface area contributed by atoms with Crippen molar-refractivity contribution in [3.63, 3.8) is 0 Å². The average molecular weight is 379 g/mol. The van der Waals surface area contributed by atoms with Gasteiger partial charge in [0.05, 0.1) is 0 Å². The van der Waals surface area contributed by atoms with Gasteiger partial charge in [-0.05, 0) is 39.5 Å². The van der Waals surface area contributed by atoms with Gasteiger partial charge in [-0.2, -0.15) is 0 Å². The fourth-order valence-electron chi connectivity index (χ4n) is 2.43. The van der Waals surface area contributed by atoms with E-state index in [2.05, 4.69) is 6.92 Å². The molecule has 0 aromatic heterocycles. The Balaban J connectivity index is 4.58. The molecule has 1 atom stereocenters. The van der Waals surface area contributed by atoms with Crippen LogP contribution in [0.1, 0.15) is 73.6 Å². The summed E-state index contributed by atoms with van der Waals surface area (Å²) in [5.74, 6) is 0.312. The second-order valence-corrected chi connectivity index (χ2v) is 8.87. The quantitative estimate of drug-likeness (QED) is 0.406. The van der Waals surface area contributed by atoms with E-state index in [0.29, 0.717) is 38.5 Å². The van der Waals surface area contributed by atoms with Gasteiger partial charge in [0.25, 0.3) is 0 Å². The van der Waals surface area contributed by atoms with Gasteiger partial charge in [-0.3, -0.25) is 4.55 Å². The molecule has 0 bridgehead atoms. The summed E-state index contributed by atoms with van der Waals surface area (Å²) in [5, 5.41) is 0. The highest BCUT2D eigenvalue weighted by atomic mass is 32.2. The Bertz CT molecular complexity index is 397. The number of nitrogens with zero attached hydrogens (tertiary/aromatic N) is 2. The molecule has 25 heavy (non-hydrogen) atoms. The first-order valence-electron chi connectivity index (χ1n) is 9.40. The smallest absolute Gasteiger partial charge is 0.410 e. The first-order chi connectivity index (χ1) is 11.6. The van der Waals surface area contributed by atoms with Crippen LogP contribution in [0, 0.1) is 5.92 Å². The third kappa shape index (κ3) is 13.2. The van der Waals surface area contributed by atoms with Crippen LogP contribution in [0.15, 0.2) is 0 Å². The molecular weight excluding hydrogens is 340 g/mol. The summed E-state index contributed by atoms with van der Waals surface area (Å²) in [4.78, 5) is 14.1. The predicted octanol–water partition coefficient (Wildman–Crippen LogP) is 4.29. The molecule has 0 aromatic rings. The molecule has 150 valence electrons. The lowest BCUT2D eigenvalue weighted by molar-refractivity contribution is 0.0242. The van der Waals surface area contributed by atoms with Gasteiger partial charge >= 0.3 is 6.09 Å². The fraction of sp³-hybridized carbons (Fsp3) is 0.944. The normalized spacial score (nSPS) is 13.3. The molecule has 0 rings (SSSR count). The molecule has 6 nitrogen and oxygen atoms in total.